The normalized spacial score (nSPS) is 10.2. The molecule has 390 valence electrons. The molecule has 4 heterocycles. The number of hydrogen-bond acceptors (Lipinski definition) is 11. The van der Waals surface area contributed by atoms with Gasteiger partial charge in [0.05, 0.1) is 54.4 Å². The fourth-order valence-corrected chi connectivity index (χ4v) is 8.23. The first-order valence-corrected chi connectivity index (χ1v) is 25.8. The van der Waals surface area contributed by atoms with Crippen molar-refractivity contribution in [1.82, 2.24) is 29.5 Å². The van der Waals surface area contributed by atoms with Crippen LogP contribution in [-0.4, -0.2) is 61.8 Å². The van der Waals surface area contributed by atoms with Crippen LogP contribution in [0, 0.1) is 36.5 Å². The number of halogens is 3. The number of benzene rings is 6. The standard InChI is InChI=1S/C30H24N4O2.C29H22N4O2.C2H6S.BF3/c1-21-16-24(18-27(17-21)35-2)30-28(20-33-34(30)15-13-31)23-12-14-32-29(19-23)22-8-10-26(11-9-22)36-25-6-4-3-5-7-25;1-20-15-23(17-24(34)16-20)29-27(19-32-33(29)14-12-30)22-11-13-31-28(18-22)21-7-9-26(10-8-21)35-25-5-3-2-4-6-25;1-3-2;2-1(3)4/h3-12,14,16-20H,15H2,1-2H3;2-11,13,15-19,34H,14H2,1H3;1-2H3;. The molecule has 4 aromatic heterocycles. The summed E-state index contributed by atoms with van der Waals surface area (Å²) < 4.78 is 49.7. The quantitative estimate of drug-likeness (QED) is 0.110. The lowest BCUT2D eigenvalue weighted by Crippen LogP contribution is -2.01. The summed E-state index contributed by atoms with van der Waals surface area (Å²) in [7, 11) is -2.02. The fourth-order valence-electron chi connectivity index (χ4n) is 8.23. The number of thioether (sulfide) groups is 1. The Morgan fingerprint density at radius 1 is 0.513 bits per heavy atom. The zero-order chi connectivity index (χ0) is 55.4. The van der Waals surface area contributed by atoms with Crippen LogP contribution in [0.1, 0.15) is 11.1 Å². The van der Waals surface area contributed by atoms with Crippen molar-refractivity contribution < 1.29 is 32.3 Å². The van der Waals surface area contributed by atoms with Gasteiger partial charge in [-0.1, -0.05) is 36.4 Å². The summed E-state index contributed by atoms with van der Waals surface area (Å²) in [5, 5.41) is 37.8. The second kappa shape index (κ2) is 27.8. The van der Waals surface area contributed by atoms with Crippen molar-refractivity contribution in [1.29, 1.82) is 10.5 Å². The number of para-hydroxylation sites is 2. The summed E-state index contributed by atoms with van der Waals surface area (Å²) >= 11 is 1.75. The summed E-state index contributed by atoms with van der Waals surface area (Å²) in [4.78, 5) is 9.16. The molecule has 1 N–H and O–H groups in total. The van der Waals surface area contributed by atoms with Crippen molar-refractivity contribution in [3.63, 3.8) is 0 Å². The maximum absolute atomic E-state index is 10.2. The number of phenolic OH excluding ortho intramolecular Hbond substituents is 1. The molecule has 0 radical (unpaired) electrons. The first kappa shape index (κ1) is 56.2. The van der Waals surface area contributed by atoms with Gasteiger partial charge in [0, 0.05) is 45.8 Å². The summed E-state index contributed by atoms with van der Waals surface area (Å²) in [5.41, 5.74) is 12.6. The summed E-state index contributed by atoms with van der Waals surface area (Å²) in [6.07, 6.45) is 11.2. The Balaban J connectivity index is 0.000000202. The van der Waals surface area contributed by atoms with E-state index in [4.69, 9.17) is 14.2 Å². The van der Waals surface area contributed by atoms with E-state index in [1.807, 2.05) is 178 Å². The van der Waals surface area contributed by atoms with Gasteiger partial charge in [0.25, 0.3) is 0 Å². The van der Waals surface area contributed by atoms with E-state index in [1.165, 1.54) is 0 Å². The molecule has 10 rings (SSSR count). The lowest BCUT2D eigenvalue weighted by Gasteiger charge is -2.12. The number of phenols is 1. The zero-order valence-corrected chi connectivity index (χ0v) is 44.1. The van der Waals surface area contributed by atoms with Gasteiger partial charge < -0.3 is 19.3 Å². The van der Waals surface area contributed by atoms with Crippen LogP contribution in [0.25, 0.3) is 67.3 Å². The molecule has 0 bridgehead atoms. The van der Waals surface area contributed by atoms with E-state index >= 15 is 0 Å². The van der Waals surface area contributed by atoms with Crippen LogP contribution in [0.2, 0.25) is 0 Å². The van der Waals surface area contributed by atoms with Gasteiger partial charge in [0.1, 0.15) is 47.6 Å². The highest BCUT2D eigenvalue weighted by atomic mass is 32.2. The van der Waals surface area contributed by atoms with Gasteiger partial charge in [-0.25, -0.2) is 0 Å². The summed E-state index contributed by atoms with van der Waals surface area (Å²) in [6.45, 7) is 4.19. The lowest BCUT2D eigenvalue weighted by atomic mass is 9.99. The van der Waals surface area contributed by atoms with Crippen LogP contribution in [0.15, 0.2) is 195 Å². The SMILES string of the molecule is COc1cc(C)cc(-c2c(-c3ccnc(-c4ccc(Oc5ccccc5)cc4)c3)cnn2CC#N)c1.CSC.Cc1cc(O)cc(-c2c(-c3ccnc(-c4ccc(Oc5ccccc5)cc4)c3)cnn2CC#N)c1.FB(F)F. The molecule has 0 aliphatic heterocycles. The third-order valence-electron chi connectivity index (χ3n) is 11.4. The molecule has 17 heteroatoms. The highest BCUT2D eigenvalue weighted by Crippen LogP contribution is 2.38. The third kappa shape index (κ3) is 15.3. The van der Waals surface area contributed by atoms with Crippen molar-refractivity contribution in [3.8, 4) is 114 Å². The van der Waals surface area contributed by atoms with Crippen molar-refractivity contribution in [3.05, 3.63) is 206 Å². The van der Waals surface area contributed by atoms with Crippen molar-refractivity contribution in [2.24, 2.45) is 0 Å². The first-order chi connectivity index (χ1) is 37.9. The molecule has 0 amide bonds. The largest absolute Gasteiger partial charge is 0.762 e. The number of nitriles is 2. The number of rotatable bonds is 13. The predicted molar refractivity (Wildman–Crippen MR) is 303 cm³/mol. The Labute approximate surface area is 455 Å². The molecule has 0 aliphatic rings. The maximum atomic E-state index is 10.2. The molecule has 0 aliphatic carbocycles. The van der Waals surface area contributed by atoms with E-state index in [9.17, 15) is 28.6 Å². The minimum absolute atomic E-state index is 0.102. The molecular formula is C61H52BF3N8O4S. The van der Waals surface area contributed by atoms with Crippen LogP contribution >= 0.6 is 11.8 Å². The topological polar surface area (TPSA) is 157 Å². The molecule has 0 saturated heterocycles. The molecule has 0 saturated carbocycles. The van der Waals surface area contributed by atoms with E-state index in [0.29, 0.717) is 0 Å². The highest BCUT2D eigenvalue weighted by Gasteiger charge is 2.19. The van der Waals surface area contributed by atoms with Crippen LogP contribution in [0.3, 0.4) is 0 Å². The van der Waals surface area contributed by atoms with Gasteiger partial charge in [-0.3, -0.25) is 32.3 Å². The average molecular weight is 1060 g/mol. The third-order valence-corrected chi connectivity index (χ3v) is 11.4. The molecule has 0 fully saturated rings. The van der Waals surface area contributed by atoms with Gasteiger partial charge >= 0.3 is 7.54 Å². The predicted octanol–water partition coefficient (Wildman–Crippen LogP) is 15.4. The van der Waals surface area contributed by atoms with Crippen molar-refractivity contribution >= 4 is 19.3 Å². The van der Waals surface area contributed by atoms with Crippen LogP contribution in [-0.2, 0) is 13.1 Å². The van der Waals surface area contributed by atoms with Gasteiger partial charge in [-0.05, 0) is 182 Å². The molecule has 0 atom stereocenters. The van der Waals surface area contributed by atoms with Gasteiger partial charge in [-0.15, -0.1) is 0 Å². The monoisotopic (exact) mass is 1060 g/mol. The number of pyridine rings is 2. The Hall–Kier alpha value is -9.58. The van der Waals surface area contributed by atoms with E-state index in [-0.39, 0.29) is 18.8 Å². The average Bonchev–Trinajstić information content (AvgIpc) is 4.08. The number of nitrogens with zero attached hydrogens (tertiary/aromatic N) is 8. The van der Waals surface area contributed by atoms with Crippen LogP contribution in [0.4, 0.5) is 12.9 Å². The number of ether oxygens (including phenoxy) is 3. The maximum Gasteiger partial charge on any atom is 0.762 e. The molecular weight excluding hydrogens is 1010 g/mol. The van der Waals surface area contributed by atoms with Crippen molar-refractivity contribution in [2.45, 2.75) is 26.9 Å². The second-order valence-electron chi connectivity index (χ2n) is 17.1. The minimum atomic E-state index is -3.67. The van der Waals surface area contributed by atoms with E-state index in [2.05, 4.69) is 38.4 Å². The molecule has 10 aromatic rings. The Morgan fingerprint density at radius 3 is 1.31 bits per heavy atom. The molecule has 6 aromatic carbocycles. The summed E-state index contributed by atoms with van der Waals surface area (Å²) in [5.74, 6) is 4.01. The molecule has 12 nitrogen and oxygen atoms in total. The Morgan fingerprint density at radius 2 is 0.910 bits per heavy atom. The number of methoxy groups -OCH3 is 1. The van der Waals surface area contributed by atoms with E-state index in [1.54, 1.807) is 65.2 Å². The number of aryl methyl sites for hydroxylation is 2. The van der Waals surface area contributed by atoms with Crippen LogP contribution in [0.5, 0.6) is 34.5 Å². The fraction of sp³-hybridized carbons (Fsp3) is 0.115. The van der Waals surface area contributed by atoms with Gasteiger partial charge in [0.15, 0.2) is 0 Å². The van der Waals surface area contributed by atoms with Crippen LogP contribution < -0.4 is 14.2 Å². The Kier molecular flexibility index (Phi) is 20.0. The number of hydrogen-bond donors (Lipinski definition) is 1. The minimum Gasteiger partial charge on any atom is -0.508 e. The number of aromatic hydroxyl groups is 1. The van der Waals surface area contributed by atoms with E-state index in [0.717, 1.165) is 107 Å². The molecule has 78 heavy (non-hydrogen) atoms. The molecule has 0 unspecified atom stereocenters. The highest BCUT2D eigenvalue weighted by molar-refractivity contribution is 7.97. The lowest BCUT2D eigenvalue weighted by molar-refractivity contribution is 0.414. The van der Waals surface area contributed by atoms with Gasteiger partial charge in [-0.2, -0.15) is 32.5 Å². The van der Waals surface area contributed by atoms with Crippen molar-refractivity contribution in [2.75, 3.05) is 19.6 Å². The summed E-state index contributed by atoms with van der Waals surface area (Å²) in [6, 6.07) is 58.7. The first-order valence-electron chi connectivity index (χ1n) is 24.1. The smallest absolute Gasteiger partial charge is 0.508 e. The molecule has 0 spiro atoms. The zero-order valence-electron chi connectivity index (χ0n) is 43.3. The number of aromatic nitrogens is 6. The second-order valence-corrected chi connectivity index (χ2v) is 18.0. The Bertz CT molecular complexity index is 3610. The van der Waals surface area contributed by atoms with E-state index < -0.39 is 7.54 Å². The van der Waals surface area contributed by atoms with Gasteiger partial charge in [0.2, 0.25) is 0 Å².